The van der Waals surface area contributed by atoms with Crippen molar-refractivity contribution in [3.63, 3.8) is 0 Å². The van der Waals surface area contributed by atoms with Crippen LogP contribution in [0.25, 0.3) is 0 Å². The fourth-order valence-electron chi connectivity index (χ4n) is 3.85. The van der Waals surface area contributed by atoms with E-state index in [1.54, 1.807) is 19.2 Å². The summed E-state index contributed by atoms with van der Waals surface area (Å²) < 4.78 is 13.2. The molecule has 6 nitrogen and oxygen atoms in total. The van der Waals surface area contributed by atoms with Crippen LogP contribution >= 0.6 is 0 Å². The Bertz CT molecular complexity index is 891. The maximum atomic E-state index is 13.2. The van der Waals surface area contributed by atoms with Gasteiger partial charge >= 0.3 is 0 Å². The van der Waals surface area contributed by atoms with Crippen LogP contribution < -0.4 is 16.2 Å². The zero-order valence-electron chi connectivity index (χ0n) is 17.2. The van der Waals surface area contributed by atoms with E-state index < -0.39 is 0 Å². The highest BCUT2D eigenvalue weighted by Crippen LogP contribution is 2.27. The van der Waals surface area contributed by atoms with Crippen LogP contribution in [0.5, 0.6) is 0 Å². The molecule has 0 aliphatic carbocycles. The molecule has 0 bridgehead atoms. The maximum absolute atomic E-state index is 13.2. The average molecular weight is 398 g/mol. The number of halogens is 1. The van der Waals surface area contributed by atoms with Crippen molar-refractivity contribution in [3.05, 3.63) is 64.5 Å². The second-order valence-electron chi connectivity index (χ2n) is 7.68. The minimum Gasteiger partial charge on any atom is -0.336 e. The first-order valence-electron chi connectivity index (χ1n) is 9.63. The Morgan fingerprint density at radius 1 is 1.14 bits per heavy atom. The Morgan fingerprint density at radius 3 is 2.38 bits per heavy atom. The number of nitrogens with zero attached hydrogens (tertiary/aromatic N) is 1. The van der Waals surface area contributed by atoms with E-state index in [1.165, 1.54) is 17.0 Å². The molecule has 3 rings (SSSR count). The fraction of sp³-hybridized carbons (Fsp3) is 0.364. The number of carbonyl (C=O) groups excluding carboxylic acids is 2. The smallest absolute Gasteiger partial charge is 0.243 e. The third-order valence-electron chi connectivity index (χ3n) is 5.23. The molecule has 2 atom stereocenters. The summed E-state index contributed by atoms with van der Waals surface area (Å²) in [5.41, 5.74) is 10.8. The number of hydrogen-bond acceptors (Lipinski definition) is 4. The maximum Gasteiger partial charge on any atom is 0.243 e. The van der Waals surface area contributed by atoms with Crippen molar-refractivity contribution in [2.75, 3.05) is 25.5 Å². The zero-order valence-corrected chi connectivity index (χ0v) is 17.2. The van der Waals surface area contributed by atoms with E-state index >= 15 is 0 Å². The van der Waals surface area contributed by atoms with E-state index in [2.05, 4.69) is 16.2 Å². The summed E-state index contributed by atoms with van der Waals surface area (Å²) in [7, 11) is 1.62. The van der Waals surface area contributed by atoms with Crippen molar-refractivity contribution < 1.29 is 14.0 Å². The summed E-state index contributed by atoms with van der Waals surface area (Å²) in [5.74, 6) is -1.10. The van der Waals surface area contributed by atoms with E-state index in [-0.39, 0.29) is 36.1 Å². The van der Waals surface area contributed by atoms with Crippen LogP contribution in [0.1, 0.15) is 28.3 Å². The van der Waals surface area contributed by atoms with Crippen molar-refractivity contribution in [1.29, 1.82) is 0 Å². The minimum absolute atomic E-state index is 0.0434. The number of benzene rings is 2. The Kier molecular flexibility index (Phi) is 6.30. The first-order valence-corrected chi connectivity index (χ1v) is 9.63. The van der Waals surface area contributed by atoms with Gasteiger partial charge in [-0.2, -0.15) is 0 Å². The molecule has 3 N–H and O–H groups in total. The van der Waals surface area contributed by atoms with E-state index in [1.807, 2.05) is 32.9 Å². The Morgan fingerprint density at radius 2 is 1.76 bits per heavy atom. The molecule has 1 fully saturated rings. The quantitative estimate of drug-likeness (QED) is 0.724. The van der Waals surface area contributed by atoms with Crippen LogP contribution in [0.2, 0.25) is 0 Å². The van der Waals surface area contributed by atoms with Gasteiger partial charge in [-0.1, -0.05) is 29.8 Å². The minimum atomic E-state index is -0.388. The first-order chi connectivity index (χ1) is 13.8. The molecule has 2 unspecified atom stereocenters. The molecular weight excluding hydrogens is 371 g/mol. The van der Waals surface area contributed by atoms with Crippen molar-refractivity contribution in [1.82, 2.24) is 15.8 Å². The van der Waals surface area contributed by atoms with Gasteiger partial charge in [-0.25, -0.2) is 9.82 Å². The van der Waals surface area contributed by atoms with Gasteiger partial charge in [0, 0.05) is 19.3 Å². The number of carbonyl (C=O) groups is 2. The molecule has 154 valence electrons. The van der Waals surface area contributed by atoms with Crippen LogP contribution in [-0.4, -0.2) is 36.9 Å². The zero-order chi connectivity index (χ0) is 21.1. The first kappa shape index (κ1) is 21.0. The molecule has 7 heteroatoms. The lowest BCUT2D eigenvalue weighted by atomic mass is 9.93. The van der Waals surface area contributed by atoms with Gasteiger partial charge in [0.05, 0.1) is 18.5 Å². The highest BCUT2D eigenvalue weighted by atomic mass is 19.1. The number of rotatable bonds is 5. The number of amides is 2. The Hall–Kier alpha value is -2.77. The lowest BCUT2D eigenvalue weighted by molar-refractivity contribution is -0.136. The third-order valence-corrected chi connectivity index (χ3v) is 5.23. The molecule has 0 spiro atoms. The van der Waals surface area contributed by atoms with Crippen molar-refractivity contribution in [2.45, 2.75) is 26.8 Å². The van der Waals surface area contributed by atoms with Crippen LogP contribution in [0, 0.1) is 32.5 Å². The second-order valence-corrected chi connectivity index (χ2v) is 7.68. The SMILES string of the molecule is Cc1cc(C)c(NC(=O)CN(C)C(=O)C2CNNC2c2ccc(F)cc2)c(C)c1. The largest absolute Gasteiger partial charge is 0.336 e. The lowest BCUT2D eigenvalue weighted by Gasteiger charge is -2.24. The van der Waals surface area contributed by atoms with Crippen LogP contribution in [0.4, 0.5) is 10.1 Å². The summed E-state index contributed by atoms with van der Waals surface area (Å²) in [4.78, 5) is 26.9. The molecule has 29 heavy (non-hydrogen) atoms. The molecule has 2 aromatic carbocycles. The van der Waals surface area contributed by atoms with Crippen molar-refractivity contribution >= 4 is 17.5 Å². The molecule has 0 radical (unpaired) electrons. The number of likely N-dealkylation sites (N-methyl/N-ethyl adjacent to an activating group) is 1. The summed E-state index contributed by atoms with van der Waals surface area (Å²) in [6.07, 6.45) is 0. The molecule has 1 aliphatic heterocycles. The summed E-state index contributed by atoms with van der Waals surface area (Å²) in [5, 5.41) is 2.93. The van der Waals surface area contributed by atoms with Crippen molar-refractivity contribution in [2.24, 2.45) is 5.92 Å². The van der Waals surface area contributed by atoms with Gasteiger partial charge in [-0.3, -0.25) is 15.0 Å². The fourth-order valence-corrected chi connectivity index (χ4v) is 3.85. The van der Waals surface area contributed by atoms with Gasteiger partial charge < -0.3 is 10.2 Å². The molecule has 2 amide bonds. The number of hydrogen-bond donors (Lipinski definition) is 3. The second kappa shape index (κ2) is 8.71. The molecule has 1 saturated heterocycles. The molecule has 0 saturated carbocycles. The number of hydrazine groups is 1. The van der Waals surface area contributed by atoms with Gasteiger partial charge in [-0.15, -0.1) is 0 Å². The monoisotopic (exact) mass is 398 g/mol. The van der Waals surface area contributed by atoms with Gasteiger partial charge in [-0.05, 0) is 49.6 Å². The van der Waals surface area contributed by atoms with E-state index in [0.717, 1.165) is 27.9 Å². The van der Waals surface area contributed by atoms with Gasteiger partial charge in [0.1, 0.15) is 5.82 Å². The number of aryl methyl sites for hydroxylation is 3. The van der Waals surface area contributed by atoms with E-state index in [0.29, 0.717) is 6.54 Å². The topological polar surface area (TPSA) is 73.5 Å². The summed E-state index contributed by atoms with van der Waals surface area (Å²) >= 11 is 0. The highest BCUT2D eigenvalue weighted by molar-refractivity contribution is 5.96. The van der Waals surface area contributed by atoms with Crippen LogP contribution in [0.3, 0.4) is 0 Å². The molecule has 1 heterocycles. The number of nitrogens with one attached hydrogen (secondary N) is 3. The molecule has 2 aromatic rings. The highest BCUT2D eigenvalue weighted by Gasteiger charge is 2.36. The Balaban J connectivity index is 1.65. The molecule has 1 aliphatic rings. The van der Waals surface area contributed by atoms with Crippen LogP contribution in [0.15, 0.2) is 36.4 Å². The number of anilines is 1. The predicted octanol–water partition coefficient (Wildman–Crippen LogP) is 2.61. The average Bonchev–Trinajstić information content (AvgIpc) is 3.14. The van der Waals surface area contributed by atoms with Gasteiger partial charge in [0.15, 0.2) is 0 Å². The predicted molar refractivity (Wildman–Crippen MR) is 111 cm³/mol. The van der Waals surface area contributed by atoms with Gasteiger partial charge in [0.2, 0.25) is 11.8 Å². The van der Waals surface area contributed by atoms with Crippen LogP contribution in [-0.2, 0) is 9.59 Å². The van der Waals surface area contributed by atoms with Crippen molar-refractivity contribution in [3.8, 4) is 0 Å². The lowest BCUT2D eigenvalue weighted by Crippen LogP contribution is -2.41. The molecule has 0 aromatic heterocycles. The Labute approximate surface area is 170 Å². The normalized spacial score (nSPS) is 18.5. The van der Waals surface area contributed by atoms with Gasteiger partial charge in [0.25, 0.3) is 0 Å². The standard InChI is InChI=1S/C22H27FN4O2/c1-13-9-14(2)20(15(3)10-13)25-19(28)12-27(4)22(29)18-11-24-26-21(18)16-5-7-17(23)8-6-16/h5-10,18,21,24,26H,11-12H2,1-4H3,(H,25,28). The van der Waals surface area contributed by atoms with E-state index in [4.69, 9.17) is 0 Å². The summed E-state index contributed by atoms with van der Waals surface area (Å²) in [6, 6.07) is 9.82. The summed E-state index contributed by atoms with van der Waals surface area (Å²) in [6.45, 7) is 6.31. The van der Waals surface area contributed by atoms with E-state index in [9.17, 15) is 14.0 Å². The third kappa shape index (κ3) is 4.81. The molecular formula is C22H27FN4O2.